The van der Waals surface area contributed by atoms with Crippen LogP contribution in [0.15, 0.2) is 18.2 Å². The molecule has 0 spiro atoms. The summed E-state index contributed by atoms with van der Waals surface area (Å²) in [6, 6.07) is 6.11. The summed E-state index contributed by atoms with van der Waals surface area (Å²) in [7, 11) is 0. The molecule has 2 rings (SSSR count). The Kier molecular flexibility index (Phi) is 4.00. The van der Waals surface area contributed by atoms with Gasteiger partial charge >= 0.3 is 0 Å². The van der Waals surface area contributed by atoms with Gasteiger partial charge in [-0.2, -0.15) is 0 Å². The summed E-state index contributed by atoms with van der Waals surface area (Å²) in [6.45, 7) is 6.20. The third-order valence-electron chi connectivity index (χ3n) is 3.72. The summed E-state index contributed by atoms with van der Waals surface area (Å²) in [5.41, 5.74) is 3.67. The second kappa shape index (κ2) is 5.53. The van der Waals surface area contributed by atoms with E-state index in [0.29, 0.717) is 12.8 Å². The van der Waals surface area contributed by atoms with Crippen molar-refractivity contribution >= 4 is 11.8 Å². The summed E-state index contributed by atoms with van der Waals surface area (Å²) in [6.07, 6.45) is 0.975. The van der Waals surface area contributed by atoms with E-state index in [1.807, 2.05) is 6.92 Å². The monoisotopic (exact) mass is 260 g/mol. The van der Waals surface area contributed by atoms with E-state index in [2.05, 4.69) is 42.7 Å². The van der Waals surface area contributed by atoms with E-state index in [9.17, 15) is 9.59 Å². The first-order chi connectivity index (χ1) is 8.97. The summed E-state index contributed by atoms with van der Waals surface area (Å²) in [4.78, 5) is 22.8. The Labute approximate surface area is 113 Å². The van der Waals surface area contributed by atoms with Crippen LogP contribution in [0.3, 0.4) is 0 Å². The number of nitrogens with one attached hydrogen (secondary N) is 2. The fraction of sp³-hybridized carbons (Fsp3) is 0.467. The summed E-state index contributed by atoms with van der Waals surface area (Å²) in [5, 5.41) is 5.65. The van der Waals surface area contributed by atoms with Gasteiger partial charge in [-0.05, 0) is 43.9 Å². The van der Waals surface area contributed by atoms with Crippen LogP contribution in [0.25, 0.3) is 0 Å². The number of hydrogen-bond donors (Lipinski definition) is 2. The predicted octanol–water partition coefficient (Wildman–Crippen LogP) is 1.76. The van der Waals surface area contributed by atoms with E-state index >= 15 is 0 Å². The Morgan fingerprint density at radius 2 is 2.00 bits per heavy atom. The largest absolute Gasteiger partial charge is 0.299 e. The summed E-state index contributed by atoms with van der Waals surface area (Å²) < 4.78 is 0. The van der Waals surface area contributed by atoms with Gasteiger partial charge in [0.25, 0.3) is 0 Å². The highest BCUT2D eigenvalue weighted by atomic mass is 16.2. The molecule has 1 fully saturated rings. The van der Waals surface area contributed by atoms with Gasteiger partial charge in [-0.1, -0.05) is 18.2 Å². The Balaban J connectivity index is 2.04. The van der Waals surface area contributed by atoms with Crippen molar-refractivity contribution in [2.45, 2.75) is 45.7 Å². The van der Waals surface area contributed by atoms with Gasteiger partial charge in [0.2, 0.25) is 11.8 Å². The average molecular weight is 260 g/mol. The van der Waals surface area contributed by atoms with Gasteiger partial charge in [0, 0.05) is 12.5 Å². The van der Waals surface area contributed by atoms with Crippen molar-refractivity contribution in [3.05, 3.63) is 34.9 Å². The Morgan fingerprint density at radius 3 is 2.63 bits per heavy atom. The zero-order chi connectivity index (χ0) is 14.0. The lowest BCUT2D eigenvalue weighted by Crippen LogP contribution is -2.51. The minimum atomic E-state index is -0.283. The van der Waals surface area contributed by atoms with E-state index in [1.165, 1.54) is 11.1 Å². The first-order valence-corrected chi connectivity index (χ1v) is 6.64. The number of benzene rings is 1. The lowest BCUT2D eigenvalue weighted by molar-refractivity contribution is -0.134. The molecule has 1 aliphatic heterocycles. The summed E-state index contributed by atoms with van der Waals surface area (Å²) in [5.74, 6) is -0.395. The van der Waals surface area contributed by atoms with Crippen LogP contribution in [-0.2, 0) is 9.59 Å². The molecule has 4 heteroatoms. The lowest BCUT2D eigenvalue weighted by atomic mass is 9.99. The molecule has 2 N–H and O–H groups in total. The molecule has 0 aliphatic carbocycles. The van der Waals surface area contributed by atoms with Gasteiger partial charge in [-0.25, -0.2) is 0 Å². The van der Waals surface area contributed by atoms with E-state index in [0.717, 1.165) is 5.56 Å². The molecule has 1 heterocycles. The van der Waals surface area contributed by atoms with E-state index < -0.39 is 0 Å². The quantitative estimate of drug-likeness (QED) is 0.814. The molecule has 1 aliphatic rings. The maximum Gasteiger partial charge on any atom is 0.243 e. The Bertz CT molecular complexity index is 511. The standard InChI is InChI=1S/C15H20N2O2/c1-9-4-5-12(8-10(9)2)11(3)16-13-6-7-14(18)17-15(13)19/h4-5,8,11,13,16H,6-7H2,1-3H3,(H,17,18,19). The number of carbonyl (C=O) groups excluding carboxylic acids is 2. The zero-order valence-corrected chi connectivity index (χ0v) is 11.6. The minimum absolute atomic E-state index is 0.0863. The predicted molar refractivity (Wildman–Crippen MR) is 73.6 cm³/mol. The molecule has 1 aromatic rings. The molecule has 2 atom stereocenters. The van der Waals surface area contributed by atoms with E-state index in [1.54, 1.807) is 0 Å². The van der Waals surface area contributed by atoms with Crippen molar-refractivity contribution in [2.75, 3.05) is 0 Å². The van der Waals surface area contributed by atoms with Gasteiger partial charge < -0.3 is 0 Å². The van der Waals surface area contributed by atoms with Gasteiger partial charge in [0.1, 0.15) is 0 Å². The first-order valence-electron chi connectivity index (χ1n) is 6.64. The molecule has 19 heavy (non-hydrogen) atoms. The maximum absolute atomic E-state index is 11.7. The van der Waals surface area contributed by atoms with Crippen LogP contribution in [0.2, 0.25) is 0 Å². The number of carbonyl (C=O) groups is 2. The van der Waals surface area contributed by atoms with E-state index in [-0.39, 0.29) is 23.9 Å². The number of amides is 2. The lowest BCUT2D eigenvalue weighted by Gasteiger charge is -2.26. The van der Waals surface area contributed by atoms with Gasteiger partial charge in [-0.15, -0.1) is 0 Å². The molecule has 0 saturated carbocycles. The highest BCUT2D eigenvalue weighted by molar-refractivity contribution is 6.00. The minimum Gasteiger partial charge on any atom is -0.299 e. The van der Waals surface area contributed by atoms with Crippen LogP contribution in [0, 0.1) is 13.8 Å². The zero-order valence-electron chi connectivity index (χ0n) is 11.6. The van der Waals surface area contributed by atoms with Crippen LogP contribution in [0.5, 0.6) is 0 Å². The fourth-order valence-electron chi connectivity index (χ4n) is 2.28. The first kappa shape index (κ1) is 13.7. The second-order valence-corrected chi connectivity index (χ2v) is 5.24. The molecule has 1 saturated heterocycles. The topological polar surface area (TPSA) is 58.2 Å². The van der Waals surface area contributed by atoms with Crippen LogP contribution in [0.1, 0.15) is 42.5 Å². The molecule has 102 valence electrons. The summed E-state index contributed by atoms with van der Waals surface area (Å²) >= 11 is 0. The van der Waals surface area contributed by atoms with Gasteiger partial charge in [0.05, 0.1) is 6.04 Å². The Morgan fingerprint density at radius 1 is 1.26 bits per heavy atom. The molecular formula is C15H20N2O2. The molecule has 2 amide bonds. The molecule has 4 nitrogen and oxygen atoms in total. The number of rotatable bonds is 3. The van der Waals surface area contributed by atoms with Gasteiger partial charge in [-0.3, -0.25) is 20.2 Å². The number of piperidine rings is 1. The Hall–Kier alpha value is -1.68. The smallest absolute Gasteiger partial charge is 0.243 e. The molecular weight excluding hydrogens is 240 g/mol. The van der Waals surface area contributed by atoms with Crippen molar-refractivity contribution < 1.29 is 9.59 Å². The third-order valence-corrected chi connectivity index (χ3v) is 3.72. The van der Waals surface area contributed by atoms with Crippen molar-refractivity contribution in [1.29, 1.82) is 0 Å². The molecule has 0 bridgehead atoms. The number of aryl methyl sites for hydroxylation is 2. The maximum atomic E-state index is 11.7. The van der Waals surface area contributed by atoms with Crippen LogP contribution >= 0.6 is 0 Å². The average Bonchev–Trinajstić information content (AvgIpc) is 2.36. The van der Waals surface area contributed by atoms with Crippen LogP contribution < -0.4 is 10.6 Å². The van der Waals surface area contributed by atoms with Crippen LogP contribution in [-0.4, -0.2) is 17.9 Å². The highest BCUT2D eigenvalue weighted by Gasteiger charge is 2.27. The SMILES string of the molecule is Cc1ccc(C(C)NC2CCC(=O)NC2=O)cc1C. The van der Waals surface area contributed by atoms with Crippen molar-refractivity contribution in [1.82, 2.24) is 10.6 Å². The molecule has 0 aromatic heterocycles. The molecule has 1 aromatic carbocycles. The molecule has 0 radical (unpaired) electrons. The van der Waals surface area contributed by atoms with Crippen LogP contribution in [0.4, 0.5) is 0 Å². The van der Waals surface area contributed by atoms with Gasteiger partial charge in [0.15, 0.2) is 0 Å². The third kappa shape index (κ3) is 3.20. The van der Waals surface area contributed by atoms with Crippen molar-refractivity contribution in [3.63, 3.8) is 0 Å². The van der Waals surface area contributed by atoms with Crippen molar-refractivity contribution in [2.24, 2.45) is 0 Å². The second-order valence-electron chi connectivity index (χ2n) is 5.24. The normalized spacial score (nSPS) is 21.1. The molecule has 2 unspecified atom stereocenters. The number of imide groups is 1. The van der Waals surface area contributed by atoms with E-state index in [4.69, 9.17) is 0 Å². The fourth-order valence-corrected chi connectivity index (χ4v) is 2.28. The van der Waals surface area contributed by atoms with Crippen molar-refractivity contribution in [3.8, 4) is 0 Å². The highest BCUT2D eigenvalue weighted by Crippen LogP contribution is 2.18. The number of hydrogen-bond acceptors (Lipinski definition) is 3.